The first kappa shape index (κ1) is 19.3. The predicted octanol–water partition coefficient (Wildman–Crippen LogP) is 5.77. The van der Waals surface area contributed by atoms with Crippen molar-refractivity contribution in [2.24, 2.45) is 0 Å². The van der Waals surface area contributed by atoms with Crippen molar-refractivity contribution in [3.8, 4) is 5.75 Å². The maximum atomic E-state index is 6.28. The summed E-state index contributed by atoms with van der Waals surface area (Å²) in [6, 6.07) is 16.5. The lowest BCUT2D eigenvalue weighted by atomic mass is 10.0. The molecule has 0 atom stereocenters. The first-order valence-electron chi connectivity index (χ1n) is 9.99. The average Bonchev–Trinajstić information content (AvgIpc) is 2.69. The van der Waals surface area contributed by atoms with Gasteiger partial charge in [0.05, 0.1) is 6.61 Å². The summed E-state index contributed by atoms with van der Waals surface area (Å²) in [7, 11) is 0. The number of piperidine rings is 1. The van der Waals surface area contributed by atoms with Crippen LogP contribution in [0.15, 0.2) is 48.5 Å². The molecular weight excluding hydrogens is 342 g/mol. The molecular formula is C23H30ClNO. The van der Waals surface area contributed by atoms with Crippen LogP contribution in [0.3, 0.4) is 0 Å². The van der Waals surface area contributed by atoms with Crippen LogP contribution < -0.4 is 4.74 Å². The van der Waals surface area contributed by atoms with Gasteiger partial charge in [0.2, 0.25) is 0 Å². The highest BCUT2D eigenvalue weighted by atomic mass is 35.5. The molecule has 0 radical (unpaired) electrons. The summed E-state index contributed by atoms with van der Waals surface area (Å²) in [4.78, 5) is 2.60. The molecule has 3 rings (SSSR count). The molecule has 3 heteroatoms. The fourth-order valence-corrected chi connectivity index (χ4v) is 3.85. The third kappa shape index (κ3) is 6.03. The normalized spacial score (nSPS) is 15.1. The maximum Gasteiger partial charge on any atom is 0.122 e. The first-order chi connectivity index (χ1) is 12.8. The third-order valence-corrected chi connectivity index (χ3v) is 5.54. The number of unbranched alkanes of at least 4 members (excludes halogenated alkanes) is 1. The second kappa shape index (κ2) is 10.6. The van der Waals surface area contributed by atoms with Crippen LogP contribution in [0.4, 0.5) is 0 Å². The van der Waals surface area contributed by atoms with Crippen LogP contribution in [-0.2, 0) is 12.8 Å². The van der Waals surface area contributed by atoms with Crippen molar-refractivity contribution in [1.29, 1.82) is 0 Å². The van der Waals surface area contributed by atoms with Crippen molar-refractivity contribution >= 4 is 11.6 Å². The Balaban J connectivity index is 1.42. The topological polar surface area (TPSA) is 12.5 Å². The zero-order chi connectivity index (χ0) is 18.0. The molecule has 2 aromatic carbocycles. The first-order valence-corrected chi connectivity index (χ1v) is 10.4. The second-order valence-corrected chi connectivity index (χ2v) is 7.56. The highest BCUT2D eigenvalue weighted by molar-refractivity contribution is 6.31. The van der Waals surface area contributed by atoms with Gasteiger partial charge in [0.15, 0.2) is 0 Å². The monoisotopic (exact) mass is 371 g/mol. The molecule has 1 aliphatic rings. The number of ether oxygens (including phenoxy) is 1. The summed E-state index contributed by atoms with van der Waals surface area (Å²) in [5.74, 6) is 1.03. The molecule has 0 N–H and O–H groups in total. The Bertz CT molecular complexity index is 667. The molecule has 2 nitrogen and oxygen atoms in total. The van der Waals surface area contributed by atoms with Gasteiger partial charge in [-0.25, -0.2) is 0 Å². The van der Waals surface area contributed by atoms with E-state index in [1.807, 2.05) is 18.2 Å². The summed E-state index contributed by atoms with van der Waals surface area (Å²) in [5.41, 5.74) is 2.47. The molecule has 1 heterocycles. The van der Waals surface area contributed by atoms with E-state index in [0.29, 0.717) is 0 Å². The van der Waals surface area contributed by atoms with E-state index in [-0.39, 0.29) is 0 Å². The Hall–Kier alpha value is -1.51. The van der Waals surface area contributed by atoms with E-state index in [2.05, 4.69) is 35.2 Å². The molecule has 140 valence electrons. The van der Waals surface area contributed by atoms with Crippen LogP contribution in [-0.4, -0.2) is 31.1 Å². The van der Waals surface area contributed by atoms with Crippen LogP contribution in [0.25, 0.3) is 0 Å². The molecule has 1 aliphatic heterocycles. The molecule has 1 saturated heterocycles. The van der Waals surface area contributed by atoms with Gasteiger partial charge in [-0.1, -0.05) is 54.4 Å². The van der Waals surface area contributed by atoms with Crippen molar-refractivity contribution in [2.75, 3.05) is 26.2 Å². The standard InChI is InChI=1S/C23H30ClNO/c24-22-12-4-2-10-20(22)14-15-21-11-3-5-13-23(21)26-19-9-8-18-25-16-6-1-7-17-25/h2-5,10-13H,1,6-9,14-19H2. The molecule has 1 fully saturated rings. The zero-order valence-electron chi connectivity index (χ0n) is 15.6. The van der Waals surface area contributed by atoms with Crippen molar-refractivity contribution in [3.63, 3.8) is 0 Å². The maximum absolute atomic E-state index is 6.28. The van der Waals surface area contributed by atoms with Gasteiger partial charge in [-0.15, -0.1) is 0 Å². The molecule has 0 amide bonds. The molecule has 0 unspecified atom stereocenters. The highest BCUT2D eigenvalue weighted by Crippen LogP contribution is 2.23. The minimum atomic E-state index is 0.803. The number of nitrogens with zero attached hydrogens (tertiary/aromatic N) is 1. The van der Waals surface area contributed by atoms with Crippen molar-refractivity contribution in [3.05, 3.63) is 64.7 Å². The van der Waals surface area contributed by atoms with Crippen LogP contribution in [0.5, 0.6) is 5.75 Å². The van der Waals surface area contributed by atoms with Crippen LogP contribution in [0.1, 0.15) is 43.2 Å². The van der Waals surface area contributed by atoms with Gasteiger partial charge in [0, 0.05) is 5.02 Å². The van der Waals surface area contributed by atoms with Crippen molar-refractivity contribution in [2.45, 2.75) is 44.9 Å². The second-order valence-electron chi connectivity index (χ2n) is 7.16. The Labute approximate surface area is 163 Å². The SMILES string of the molecule is Clc1ccccc1CCc1ccccc1OCCCCN1CCCCC1. The Morgan fingerprint density at radius 3 is 2.31 bits per heavy atom. The zero-order valence-corrected chi connectivity index (χ0v) is 16.4. The van der Waals surface area contributed by atoms with E-state index in [1.165, 1.54) is 56.4 Å². The summed E-state index contributed by atoms with van der Waals surface area (Å²) in [6.45, 7) is 4.59. The number of rotatable bonds is 9. The molecule has 0 saturated carbocycles. The molecule has 0 aliphatic carbocycles. The number of hydrogen-bond acceptors (Lipinski definition) is 2. The van der Waals surface area contributed by atoms with Gasteiger partial charge in [0.25, 0.3) is 0 Å². The highest BCUT2D eigenvalue weighted by Gasteiger charge is 2.09. The number of para-hydroxylation sites is 1. The molecule has 0 aromatic heterocycles. The van der Waals surface area contributed by atoms with E-state index in [9.17, 15) is 0 Å². The van der Waals surface area contributed by atoms with E-state index in [1.54, 1.807) is 0 Å². The van der Waals surface area contributed by atoms with E-state index in [4.69, 9.17) is 16.3 Å². The summed E-state index contributed by atoms with van der Waals surface area (Å²) >= 11 is 6.28. The number of benzene rings is 2. The lowest BCUT2D eigenvalue weighted by Gasteiger charge is -2.26. The number of likely N-dealkylation sites (tertiary alicyclic amines) is 1. The van der Waals surface area contributed by atoms with E-state index >= 15 is 0 Å². The summed E-state index contributed by atoms with van der Waals surface area (Å²) < 4.78 is 6.09. The Kier molecular flexibility index (Phi) is 7.85. The average molecular weight is 372 g/mol. The Morgan fingerprint density at radius 1 is 0.808 bits per heavy atom. The van der Waals surface area contributed by atoms with E-state index < -0.39 is 0 Å². The van der Waals surface area contributed by atoms with Gasteiger partial charge >= 0.3 is 0 Å². The molecule has 0 spiro atoms. The fourth-order valence-electron chi connectivity index (χ4n) is 3.62. The van der Waals surface area contributed by atoms with Gasteiger partial charge in [-0.2, -0.15) is 0 Å². The van der Waals surface area contributed by atoms with Gasteiger partial charge in [-0.05, 0) is 81.4 Å². The largest absolute Gasteiger partial charge is 0.493 e. The number of hydrogen-bond donors (Lipinski definition) is 0. The van der Waals surface area contributed by atoms with Crippen LogP contribution in [0.2, 0.25) is 5.02 Å². The van der Waals surface area contributed by atoms with Gasteiger partial charge < -0.3 is 9.64 Å². The van der Waals surface area contributed by atoms with Gasteiger partial charge in [0.1, 0.15) is 5.75 Å². The van der Waals surface area contributed by atoms with Crippen molar-refractivity contribution < 1.29 is 4.74 Å². The summed E-state index contributed by atoms with van der Waals surface area (Å²) in [5, 5.41) is 0.851. The lowest BCUT2D eigenvalue weighted by Crippen LogP contribution is -2.30. The molecule has 2 aromatic rings. The molecule has 26 heavy (non-hydrogen) atoms. The fraction of sp³-hybridized carbons (Fsp3) is 0.478. The summed E-state index contributed by atoms with van der Waals surface area (Å²) in [6.07, 6.45) is 8.38. The number of aryl methyl sites for hydroxylation is 2. The quantitative estimate of drug-likeness (QED) is 0.519. The molecule has 0 bridgehead atoms. The van der Waals surface area contributed by atoms with Gasteiger partial charge in [-0.3, -0.25) is 0 Å². The van der Waals surface area contributed by atoms with E-state index in [0.717, 1.165) is 36.6 Å². The smallest absolute Gasteiger partial charge is 0.122 e. The van der Waals surface area contributed by atoms with Crippen LogP contribution in [0, 0.1) is 0 Å². The lowest BCUT2D eigenvalue weighted by molar-refractivity contribution is 0.215. The third-order valence-electron chi connectivity index (χ3n) is 5.17. The predicted molar refractivity (Wildman–Crippen MR) is 110 cm³/mol. The van der Waals surface area contributed by atoms with Crippen molar-refractivity contribution in [1.82, 2.24) is 4.90 Å². The Morgan fingerprint density at radius 2 is 1.50 bits per heavy atom. The minimum absolute atomic E-state index is 0.803. The van der Waals surface area contributed by atoms with Crippen LogP contribution >= 0.6 is 11.6 Å². The number of halogens is 1. The minimum Gasteiger partial charge on any atom is -0.493 e.